The van der Waals surface area contributed by atoms with Crippen LogP contribution in [0.2, 0.25) is 0 Å². The molecule has 0 amide bonds. The molecule has 3 aromatic rings. The van der Waals surface area contributed by atoms with Crippen molar-refractivity contribution >= 4 is 13.0 Å². The number of aromatic nitrogens is 2. The fourth-order valence-electron chi connectivity index (χ4n) is 3.34. The van der Waals surface area contributed by atoms with Crippen LogP contribution in [-0.4, -0.2) is 36.3 Å². The highest BCUT2D eigenvalue weighted by molar-refractivity contribution is 6.54. The van der Waals surface area contributed by atoms with Crippen LogP contribution in [0.5, 0.6) is 0 Å². The third-order valence-corrected chi connectivity index (χ3v) is 4.68. The van der Waals surface area contributed by atoms with Gasteiger partial charge in [-0.2, -0.15) is 0 Å². The highest BCUT2D eigenvalue weighted by Crippen LogP contribution is 2.23. The van der Waals surface area contributed by atoms with Gasteiger partial charge in [0.25, 0.3) is 0 Å². The molecule has 1 aliphatic rings. The molecule has 2 aromatic carbocycles. The smallest absolute Gasteiger partial charge is 0.215 e. The maximum Gasteiger partial charge on any atom is 0.215 e. The van der Waals surface area contributed by atoms with Crippen LogP contribution < -0.4 is 5.72 Å². The average Bonchev–Trinajstić information content (AvgIpc) is 3.37. The number of rotatable bonds is 7. The van der Waals surface area contributed by atoms with E-state index in [9.17, 15) is 0 Å². The van der Waals surface area contributed by atoms with Gasteiger partial charge >= 0.3 is 0 Å². The van der Waals surface area contributed by atoms with E-state index in [1.807, 2.05) is 24.5 Å². The second kappa shape index (κ2) is 8.34. The summed E-state index contributed by atoms with van der Waals surface area (Å²) in [6.45, 7) is 2.21. The Hall–Kier alpha value is -2.37. The number of hydrogen-bond donors (Lipinski definition) is 0. The van der Waals surface area contributed by atoms with Crippen molar-refractivity contribution in [3.8, 4) is 0 Å². The summed E-state index contributed by atoms with van der Waals surface area (Å²) in [7, 11) is 2.24. The number of nitrogens with zero attached hydrogens (tertiary/aromatic N) is 2. The Morgan fingerprint density at radius 1 is 0.962 bits per heavy atom. The molecule has 0 N–H and O–H groups in total. The molecule has 0 bridgehead atoms. The SMILES string of the molecule is [B](c1nccn1CCC1OCCO1)C(c1ccccc1)c1ccccc1. The molecule has 4 rings (SSSR count). The van der Waals surface area contributed by atoms with E-state index in [0.29, 0.717) is 13.2 Å². The standard InChI is InChI=1S/C21H22BN2O2/c1-3-7-17(8-4-1)20(18-9-5-2-6-10-18)22-21-23-12-14-24(21)13-11-19-25-15-16-26-19/h1-10,12,14,19-20H,11,13,15-16H2. The summed E-state index contributed by atoms with van der Waals surface area (Å²) in [4.78, 5) is 4.58. The van der Waals surface area contributed by atoms with Crippen LogP contribution in [0, 0.1) is 0 Å². The van der Waals surface area contributed by atoms with Crippen molar-refractivity contribution in [3.63, 3.8) is 0 Å². The van der Waals surface area contributed by atoms with Crippen LogP contribution in [0.25, 0.3) is 0 Å². The average molecular weight is 345 g/mol. The first-order valence-electron chi connectivity index (χ1n) is 9.09. The predicted molar refractivity (Wildman–Crippen MR) is 103 cm³/mol. The lowest BCUT2D eigenvalue weighted by molar-refractivity contribution is -0.0489. The van der Waals surface area contributed by atoms with Gasteiger partial charge < -0.3 is 14.0 Å². The molecule has 131 valence electrons. The first-order valence-corrected chi connectivity index (χ1v) is 9.09. The summed E-state index contributed by atoms with van der Waals surface area (Å²) in [5.74, 6) is 0.164. The Labute approximate surface area is 155 Å². The fourth-order valence-corrected chi connectivity index (χ4v) is 3.34. The van der Waals surface area contributed by atoms with E-state index in [-0.39, 0.29) is 12.1 Å². The van der Waals surface area contributed by atoms with Crippen LogP contribution in [0.3, 0.4) is 0 Å². The van der Waals surface area contributed by atoms with Gasteiger partial charge in [-0.15, -0.1) is 0 Å². The van der Waals surface area contributed by atoms with Gasteiger partial charge in [-0.25, -0.2) is 0 Å². The van der Waals surface area contributed by atoms with Gasteiger partial charge in [-0.1, -0.05) is 60.7 Å². The zero-order valence-electron chi connectivity index (χ0n) is 14.7. The third-order valence-electron chi connectivity index (χ3n) is 4.68. The van der Waals surface area contributed by atoms with E-state index < -0.39 is 0 Å². The molecule has 0 atom stereocenters. The van der Waals surface area contributed by atoms with Crippen molar-refractivity contribution in [2.24, 2.45) is 0 Å². The van der Waals surface area contributed by atoms with E-state index >= 15 is 0 Å². The van der Waals surface area contributed by atoms with E-state index in [2.05, 4.69) is 65.4 Å². The molecule has 1 fully saturated rings. The van der Waals surface area contributed by atoms with Crippen molar-refractivity contribution in [3.05, 3.63) is 84.2 Å². The number of benzene rings is 2. The topological polar surface area (TPSA) is 36.3 Å². The highest BCUT2D eigenvalue weighted by Gasteiger charge is 2.20. The molecule has 1 radical (unpaired) electrons. The third kappa shape index (κ3) is 4.06. The predicted octanol–water partition coefficient (Wildman–Crippen LogP) is 2.77. The zero-order chi connectivity index (χ0) is 17.6. The van der Waals surface area contributed by atoms with E-state index in [0.717, 1.165) is 18.7 Å². The van der Waals surface area contributed by atoms with Crippen molar-refractivity contribution < 1.29 is 9.47 Å². The quantitative estimate of drug-likeness (QED) is 0.618. The molecule has 1 aromatic heterocycles. The Kier molecular flexibility index (Phi) is 5.48. The van der Waals surface area contributed by atoms with Crippen molar-refractivity contribution in [1.29, 1.82) is 0 Å². The number of aryl methyl sites for hydroxylation is 1. The number of hydrogen-bond acceptors (Lipinski definition) is 3. The van der Waals surface area contributed by atoms with Crippen molar-refractivity contribution in [2.75, 3.05) is 13.2 Å². The van der Waals surface area contributed by atoms with Gasteiger partial charge in [-0.3, -0.25) is 4.98 Å². The second-order valence-corrected chi connectivity index (χ2v) is 6.40. The van der Waals surface area contributed by atoms with Crippen LogP contribution in [0.4, 0.5) is 0 Å². The summed E-state index contributed by atoms with van der Waals surface area (Å²) in [5, 5.41) is 0. The molecule has 0 spiro atoms. The summed E-state index contributed by atoms with van der Waals surface area (Å²) in [6, 6.07) is 21.1. The molecule has 5 heteroatoms. The highest BCUT2D eigenvalue weighted by atomic mass is 16.7. The largest absolute Gasteiger partial charge is 0.350 e. The minimum absolute atomic E-state index is 0.0932. The molecule has 0 saturated carbocycles. The van der Waals surface area contributed by atoms with E-state index in [1.165, 1.54) is 11.1 Å². The van der Waals surface area contributed by atoms with Gasteiger partial charge in [0.2, 0.25) is 7.28 Å². The lowest BCUT2D eigenvalue weighted by Gasteiger charge is -2.18. The minimum Gasteiger partial charge on any atom is -0.350 e. The van der Waals surface area contributed by atoms with Gasteiger partial charge in [0, 0.05) is 25.4 Å². The van der Waals surface area contributed by atoms with E-state index in [4.69, 9.17) is 9.47 Å². The fraction of sp³-hybridized carbons (Fsp3) is 0.286. The Balaban J connectivity index is 1.54. The summed E-state index contributed by atoms with van der Waals surface area (Å²) < 4.78 is 13.3. The van der Waals surface area contributed by atoms with Gasteiger partial charge in [0.05, 0.1) is 18.9 Å². The molecular weight excluding hydrogens is 323 g/mol. The molecule has 0 aliphatic carbocycles. The molecule has 26 heavy (non-hydrogen) atoms. The summed E-state index contributed by atoms with van der Waals surface area (Å²) >= 11 is 0. The Morgan fingerprint density at radius 2 is 1.58 bits per heavy atom. The van der Waals surface area contributed by atoms with Crippen molar-refractivity contribution in [1.82, 2.24) is 9.55 Å². The monoisotopic (exact) mass is 345 g/mol. The summed E-state index contributed by atoms with van der Waals surface area (Å²) in [6.07, 6.45) is 4.62. The molecule has 1 saturated heterocycles. The number of imidazole rings is 1. The molecular formula is C21H22BN2O2. The van der Waals surface area contributed by atoms with E-state index in [1.54, 1.807) is 0 Å². The van der Waals surface area contributed by atoms with Gasteiger partial charge in [0.15, 0.2) is 6.29 Å². The maximum atomic E-state index is 5.54. The van der Waals surface area contributed by atoms with Crippen LogP contribution >= 0.6 is 0 Å². The molecule has 1 aliphatic heterocycles. The normalized spacial score (nSPS) is 14.8. The minimum atomic E-state index is -0.0932. The molecule has 2 heterocycles. The lowest BCUT2D eigenvalue weighted by atomic mass is 9.58. The van der Waals surface area contributed by atoms with Crippen LogP contribution in [-0.2, 0) is 16.0 Å². The summed E-state index contributed by atoms with van der Waals surface area (Å²) in [5.41, 5.74) is 3.49. The Bertz CT molecular complexity index is 762. The van der Waals surface area contributed by atoms with Crippen LogP contribution in [0.15, 0.2) is 73.1 Å². The van der Waals surface area contributed by atoms with Gasteiger partial charge in [0.1, 0.15) is 0 Å². The molecule has 4 nitrogen and oxygen atoms in total. The first kappa shape index (κ1) is 17.1. The van der Waals surface area contributed by atoms with Gasteiger partial charge in [-0.05, 0) is 16.9 Å². The molecule has 0 unspecified atom stereocenters. The lowest BCUT2D eigenvalue weighted by Crippen LogP contribution is -2.32. The second-order valence-electron chi connectivity index (χ2n) is 6.40. The first-order chi connectivity index (χ1) is 12.9. The Morgan fingerprint density at radius 3 is 2.19 bits per heavy atom. The van der Waals surface area contributed by atoms with Crippen molar-refractivity contribution in [2.45, 2.75) is 25.1 Å². The number of ether oxygens (including phenoxy) is 2. The maximum absolute atomic E-state index is 5.54. The van der Waals surface area contributed by atoms with Crippen LogP contribution in [0.1, 0.15) is 23.4 Å². The zero-order valence-corrected chi connectivity index (χ0v) is 14.7.